The largest absolute Gasteiger partial charge is 0.491 e. The van der Waals surface area contributed by atoms with Crippen LogP contribution < -0.4 is 9.47 Å². The van der Waals surface area contributed by atoms with Crippen LogP contribution in [-0.2, 0) is 0 Å². The van der Waals surface area contributed by atoms with E-state index < -0.39 is 0 Å². The van der Waals surface area contributed by atoms with Gasteiger partial charge in [0, 0.05) is 5.56 Å². The molecule has 2 fully saturated rings. The highest BCUT2D eigenvalue weighted by Gasteiger charge is 2.15. The minimum Gasteiger partial charge on any atom is -0.491 e. The van der Waals surface area contributed by atoms with Gasteiger partial charge in [-0.2, -0.15) is 0 Å². The van der Waals surface area contributed by atoms with Crippen LogP contribution in [0.3, 0.4) is 0 Å². The standard InChI is InChI=1S/C23H33FO2/c1-18-21(25-16-6-12-19-8-2-3-9-19)14-15-22(23(18)24)26-17-7-13-20-10-4-5-11-20/h6,12,14-15,19-20H,2-5,7-11,13,16-17H2,1H3/b12-6+. The molecular formula is C23H33FO2. The van der Waals surface area contributed by atoms with Crippen molar-refractivity contribution in [3.8, 4) is 11.5 Å². The lowest BCUT2D eigenvalue weighted by atomic mass is 10.0. The molecule has 0 spiro atoms. The van der Waals surface area contributed by atoms with Crippen molar-refractivity contribution in [1.29, 1.82) is 0 Å². The Balaban J connectivity index is 1.42. The second kappa shape index (κ2) is 9.99. The Morgan fingerprint density at radius 3 is 2.46 bits per heavy atom. The van der Waals surface area contributed by atoms with Crippen LogP contribution in [0, 0.1) is 24.6 Å². The van der Waals surface area contributed by atoms with Gasteiger partial charge in [0.25, 0.3) is 0 Å². The first-order valence-electron chi connectivity index (χ1n) is 10.5. The molecule has 0 aromatic heterocycles. The summed E-state index contributed by atoms with van der Waals surface area (Å²) in [6, 6.07) is 3.53. The van der Waals surface area contributed by atoms with Crippen LogP contribution in [0.25, 0.3) is 0 Å². The Bertz CT molecular complexity index is 584. The molecule has 2 nitrogen and oxygen atoms in total. The van der Waals surface area contributed by atoms with Crippen molar-refractivity contribution in [1.82, 2.24) is 0 Å². The van der Waals surface area contributed by atoms with Crippen molar-refractivity contribution in [3.63, 3.8) is 0 Å². The molecule has 0 amide bonds. The molecule has 2 aliphatic rings. The zero-order chi connectivity index (χ0) is 18.2. The summed E-state index contributed by atoms with van der Waals surface area (Å²) in [7, 11) is 0. The average Bonchev–Trinajstić information content (AvgIpc) is 3.34. The lowest BCUT2D eigenvalue weighted by Gasteiger charge is -2.13. The van der Waals surface area contributed by atoms with E-state index in [-0.39, 0.29) is 5.82 Å². The van der Waals surface area contributed by atoms with Crippen molar-refractivity contribution >= 4 is 0 Å². The smallest absolute Gasteiger partial charge is 0.171 e. The molecule has 0 aliphatic heterocycles. The van der Waals surface area contributed by atoms with E-state index in [0.29, 0.717) is 36.2 Å². The molecule has 3 rings (SSSR count). The van der Waals surface area contributed by atoms with E-state index >= 15 is 0 Å². The molecule has 0 heterocycles. The third kappa shape index (κ3) is 5.49. The van der Waals surface area contributed by atoms with Crippen molar-refractivity contribution in [2.45, 2.75) is 71.1 Å². The molecule has 2 aliphatic carbocycles. The number of hydrogen-bond donors (Lipinski definition) is 0. The Kier molecular flexibility index (Phi) is 7.40. The van der Waals surface area contributed by atoms with E-state index in [1.807, 2.05) is 6.07 Å². The lowest BCUT2D eigenvalue weighted by molar-refractivity contribution is 0.277. The number of benzene rings is 1. The third-order valence-corrected chi connectivity index (χ3v) is 5.93. The van der Waals surface area contributed by atoms with Crippen LogP contribution >= 0.6 is 0 Å². The monoisotopic (exact) mass is 360 g/mol. The number of rotatable bonds is 9. The van der Waals surface area contributed by atoms with Gasteiger partial charge in [-0.05, 0) is 56.6 Å². The van der Waals surface area contributed by atoms with Gasteiger partial charge in [0.05, 0.1) is 6.61 Å². The first kappa shape index (κ1) is 19.3. The van der Waals surface area contributed by atoms with Crippen LogP contribution in [0.15, 0.2) is 24.3 Å². The summed E-state index contributed by atoms with van der Waals surface area (Å²) in [5.41, 5.74) is 0.535. The van der Waals surface area contributed by atoms with Crippen LogP contribution in [0.5, 0.6) is 11.5 Å². The van der Waals surface area contributed by atoms with E-state index in [2.05, 4.69) is 12.2 Å². The van der Waals surface area contributed by atoms with Crippen LogP contribution in [0.2, 0.25) is 0 Å². The molecular weight excluding hydrogens is 327 g/mol. The third-order valence-electron chi connectivity index (χ3n) is 5.93. The summed E-state index contributed by atoms with van der Waals surface area (Å²) in [5, 5.41) is 0. The summed E-state index contributed by atoms with van der Waals surface area (Å²) in [4.78, 5) is 0. The van der Waals surface area contributed by atoms with Crippen LogP contribution in [-0.4, -0.2) is 13.2 Å². The van der Waals surface area contributed by atoms with E-state index in [4.69, 9.17) is 9.47 Å². The van der Waals surface area contributed by atoms with Crippen LogP contribution in [0.4, 0.5) is 4.39 Å². The highest BCUT2D eigenvalue weighted by molar-refractivity contribution is 5.41. The molecule has 144 valence electrons. The predicted octanol–water partition coefficient (Wildman–Crippen LogP) is 6.61. The van der Waals surface area contributed by atoms with Gasteiger partial charge >= 0.3 is 0 Å². The summed E-state index contributed by atoms with van der Waals surface area (Å²) in [6.07, 6.45) is 17.2. The molecule has 3 heteroatoms. The normalized spacial score (nSPS) is 18.8. The molecule has 0 saturated heterocycles. The zero-order valence-electron chi connectivity index (χ0n) is 16.1. The first-order valence-corrected chi connectivity index (χ1v) is 10.5. The van der Waals surface area contributed by atoms with E-state index in [0.717, 1.165) is 12.3 Å². The van der Waals surface area contributed by atoms with Crippen molar-refractivity contribution in [3.05, 3.63) is 35.7 Å². The minimum absolute atomic E-state index is 0.289. The maximum atomic E-state index is 14.5. The van der Waals surface area contributed by atoms with Gasteiger partial charge in [-0.1, -0.05) is 50.7 Å². The molecule has 1 aromatic carbocycles. The Morgan fingerprint density at radius 2 is 1.69 bits per heavy atom. The summed E-state index contributed by atoms with van der Waals surface area (Å²) in [6.45, 7) is 2.85. The summed E-state index contributed by atoms with van der Waals surface area (Å²) >= 11 is 0. The summed E-state index contributed by atoms with van der Waals surface area (Å²) in [5.74, 6) is 2.23. The Morgan fingerprint density at radius 1 is 1.00 bits per heavy atom. The SMILES string of the molecule is Cc1c(OC/C=C/C2CCCC2)ccc(OCCCC2CCCC2)c1F. The lowest BCUT2D eigenvalue weighted by Crippen LogP contribution is -2.04. The van der Waals surface area contributed by atoms with Gasteiger partial charge in [-0.15, -0.1) is 0 Å². The molecule has 26 heavy (non-hydrogen) atoms. The van der Waals surface area contributed by atoms with Crippen LogP contribution in [0.1, 0.15) is 69.8 Å². The average molecular weight is 361 g/mol. The molecule has 0 radical (unpaired) electrons. The fraction of sp³-hybridized carbons (Fsp3) is 0.652. The predicted molar refractivity (Wildman–Crippen MR) is 104 cm³/mol. The first-order chi connectivity index (χ1) is 12.7. The highest BCUT2D eigenvalue weighted by atomic mass is 19.1. The molecule has 1 aromatic rings. The fourth-order valence-electron chi connectivity index (χ4n) is 4.30. The van der Waals surface area contributed by atoms with E-state index in [9.17, 15) is 4.39 Å². The highest BCUT2D eigenvalue weighted by Crippen LogP contribution is 2.31. The van der Waals surface area contributed by atoms with Gasteiger partial charge in [-0.3, -0.25) is 0 Å². The maximum absolute atomic E-state index is 14.5. The Labute approximate surface area is 157 Å². The number of ether oxygens (including phenoxy) is 2. The van der Waals surface area contributed by atoms with Gasteiger partial charge < -0.3 is 9.47 Å². The van der Waals surface area contributed by atoms with Gasteiger partial charge in [0.2, 0.25) is 0 Å². The molecule has 2 saturated carbocycles. The Hall–Kier alpha value is -1.51. The van der Waals surface area contributed by atoms with Crippen molar-refractivity contribution in [2.75, 3.05) is 13.2 Å². The molecule has 0 atom stereocenters. The van der Waals surface area contributed by atoms with E-state index in [1.54, 1.807) is 13.0 Å². The quantitative estimate of drug-likeness (QED) is 0.364. The number of hydrogen-bond acceptors (Lipinski definition) is 2. The summed E-state index contributed by atoms with van der Waals surface area (Å²) < 4.78 is 25.9. The molecule has 0 unspecified atom stereocenters. The second-order valence-corrected chi connectivity index (χ2v) is 7.93. The van der Waals surface area contributed by atoms with E-state index in [1.165, 1.54) is 57.8 Å². The zero-order valence-corrected chi connectivity index (χ0v) is 16.1. The van der Waals surface area contributed by atoms with Gasteiger partial charge in [0.15, 0.2) is 11.6 Å². The van der Waals surface area contributed by atoms with Crippen molar-refractivity contribution < 1.29 is 13.9 Å². The number of allylic oxidation sites excluding steroid dienone is 1. The molecule has 0 bridgehead atoms. The minimum atomic E-state index is -0.289. The fourth-order valence-corrected chi connectivity index (χ4v) is 4.30. The van der Waals surface area contributed by atoms with Gasteiger partial charge in [0.1, 0.15) is 12.4 Å². The van der Waals surface area contributed by atoms with Gasteiger partial charge in [-0.25, -0.2) is 4.39 Å². The second-order valence-electron chi connectivity index (χ2n) is 7.93. The number of halogens is 1. The van der Waals surface area contributed by atoms with Crippen molar-refractivity contribution in [2.24, 2.45) is 11.8 Å². The molecule has 0 N–H and O–H groups in total. The topological polar surface area (TPSA) is 18.5 Å². The maximum Gasteiger partial charge on any atom is 0.171 e.